The number of nitrogens with one attached hydrogen (secondary N) is 2. The molecule has 2 aromatic carbocycles. The van der Waals surface area contributed by atoms with Crippen molar-refractivity contribution in [2.45, 2.75) is 44.6 Å². The Morgan fingerprint density at radius 2 is 1.94 bits per heavy atom. The van der Waals surface area contributed by atoms with Gasteiger partial charge in [0.25, 0.3) is 5.56 Å². The molecule has 2 heterocycles. The molecule has 0 spiro atoms. The van der Waals surface area contributed by atoms with Crippen molar-refractivity contribution in [3.05, 3.63) is 81.4 Å². The zero-order chi connectivity index (χ0) is 23.7. The van der Waals surface area contributed by atoms with Gasteiger partial charge in [-0.3, -0.25) is 9.36 Å². The molecule has 1 fully saturated rings. The quantitative estimate of drug-likeness (QED) is 0.391. The Morgan fingerprint density at radius 1 is 1.15 bits per heavy atom. The van der Waals surface area contributed by atoms with Gasteiger partial charge in [-0.25, -0.2) is 4.39 Å². The third-order valence-corrected chi connectivity index (χ3v) is 7.51. The van der Waals surface area contributed by atoms with Gasteiger partial charge in [-0.1, -0.05) is 36.4 Å². The highest BCUT2D eigenvalue weighted by Gasteiger charge is 2.45. The van der Waals surface area contributed by atoms with Gasteiger partial charge in [0.2, 0.25) is 5.88 Å². The summed E-state index contributed by atoms with van der Waals surface area (Å²) in [7, 11) is 0. The molecule has 0 saturated heterocycles. The minimum Gasteiger partial charge on any atom is -0.475 e. The number of fused-ring (bicyclic) bond motifs is 1. The molecule has 8 heteroatoms. The largest absolute Gasteiger partial charge is 0.475 e. The lowest BCUT2D eigenvalue weighted by molar-refractivity contribution is 0.118. The Balaban J connectivity index is 1.37. The normalized spacial score (nSPS) is 15.5. The lowest BCUT2D eigenvalue weighted by atomic mass is 10.1. The second-order valence-electron chi connectivity index (χ2n) is 8.96. The Labute approximate surface area is 202 Å². The highest BCUT2D eigenvalue weighted by molar-refractivity contribution is 8.02. The van der Waals surface area contributed by atoms with Crippen LogP contribution in [0.3, 0.4) is 0 Å². The molecule has 1 aromatic heterocycles. The lowest BCUT2D eigenvalue weighted by Gasteiger charge is -2.22. The first-order chi connectivity index (χ1) is 16.5. The van der Waals surface area contributed by atoms with Crippen molar-refractivity contribution in [1.82, 2.24) is 4.57 Å². The number of benzene rings is 2. The van der Waals surface area contributed by atoms with Crippen LogP contribution in [0.1, 0.15) is 29.5 Å². The van der Waals surface area contributed by atoms with Gasteiger partial charge in [0, 0.05) is 5.56 Å². The third-order valence-electron chi connectivity index (χ3n) is 6.24. The van der Waals surface area contributed by atoms with Crippen molar-refractivity contribution in [3.8, 4) is 5.88 Å². The van der Waals surface area contributed by atoms with E-state index in [4.69, 9.17) is 9.47 Å². The number of aromatic nitrogens is 1. The van der Waals surface area contributed by atoms with Gasteiger partial charge in [-0.2, -0.15) is 0 Å². The fourth-order valence-corrected chi connectivity index (χ4v) is 4.98. The molecule has 34 heavy (non-hydrogen) atoms. The van der Waals surface area contributed by atoms with E-state index in [0.29, 0.717) is 54.9 Å². The summed E-state index contributed by atoms with van der Waals surface area (Å²) in [6.07, 6.45) is 2.06. The summed E-state index contributed by atoms with van der Waals surface area (Å²) in [6, 6.07) is 15.1. The number of nitrogens with zero attached hydrogens (tertiary/aromatic N) is 1. The van der Waals surface area contributed by atoms with Crippen molar-refractivity contribution in [1.29, 1.82) is 0 Å². The van der Waals surface area contributed by atoms with Crippen LogP contribution in [0.4, 0.5) is 21.5 Å². The van der Waals surface area contributed by atoms with E-state index in [1.807, 2.05) is 31.2 Å². The molecule has 1 aliphatic heterocycles. The van der Waals surface area contributed by atoms with Gasteiger partial charge < -0.3 is 19.5 Å². The van der Waals surface area contributed by atoms with E-state index in [2.05, 4.69) is 22.2 Å². The summed E-state index contributed by atoms with van der Waals surface area (Å²) in [6.45, 7) is 5.71. The highest BCUT2D eigenvalue weighted by Crippen LogP contribution is 2.51. The molecule has 2 N–H and O–H groups in total. The number of rotatable bonds is 9. The summed E-state index contributed by atoms with van der Waals surface area (Å²) in [5.74, 6) is 0.117. The number of aryl methyl sites for hydroxylation is 1. The van der Waals surface area contributed by atoms with Crippen molar-refractivity contribution in [2.24, 2.45) is 0 Å². The van der Waals surface area contributed by atoms with E-state index in [9.17, 15) is 9.18 Å². The molecule has 0 amide bonds. The Kier molecular flexibility index (Phi) is 6.27. The van der Waals surface area contributed by atoms with Gasteiger partial charge in [0.1, 0.15) is 18.1 Å². The number of ether oxygens (including phenoxy) is 2. The average molecular weight is 482 g/mol. The fourth-order valence-electron chi connectivity index (χ4n) is 4.03. The van der Waals surface area contributed by atoms with Crippen LogP contribution < -0.4 is 20.3 Å². The van der Waals surface area contributed by atoms with E-state index in [1.165, 1.54) is 6.07 Å². The highest BCUT2D eigenvalue weighted by atomic mass is 32.2. The summed E-state index contributed by atoms with van der Waals surface area (Å²) >= 11 is 1.59. The maximum Gasteiger partial charge on any atom is 0.258 e. The summed E-state index contributed by atoms with van der Waals surface area (Å²) < 4.78 is 31.5. The van der Waals surface area contributed by atoms with E-state index in [0.717, 1.165) is 24.0 Å². The number of pyridine rings is 1. The smallest absolute Gasteiger partial charge is 0.258 e. The lowest BCUT2D eigenvalue weighted by Crippen LogP contribution is -2.23. The molecule has 3 aromatic rings. The zero-order valence-electron chi connectivity index (χ0n) is 19.3. The standard InChI is InChI=1S/C26H28FN3O3S/c1-17-8-9-21(20(27)14-17)28-22-18(2)24(31)30-12-13-33-25(30)23(22)29-34-26(10-11-26)16-32-15-19-6-4-3-5-7-19/h3-9,14,28-29H,10-13,15-16H2,1-2H3. The molecule has 6 nitrogen and oxygen atoms in total. The molecule has 0 bridgehead atoms. The first-order valence-corrected chi connectivity index (χ1v) is 12.3. The number of hydrogen-bond acceptors (Lipinski definition) is 6. The summed E-state index contributed by atoms with van der Waals surface area (Å²) in [5.41, 5.74) is 3.87. The van der Waals surface area contributed by atoms with Crippen LogP contribution in [0.2, 0.25) is 0 Å². The molecule has 1 saturated carbocycles. The predicted octanol–water partition coefficient (Wildman–Crippen LogP) is 5.55. The van der Waals surface area contributed by atoms with Gasteiger partial charge in [0.05, 0.1) is 35.9 Å². The number of hydrogen-bond donors (Lipinski definition) is 2. The maximum atomic E-state index is 14.6. The Hall–Kier alpha value is -2.97. The molecular formula is C26H28FN3O3S. The van der Waals surface area contributed by atoms with Crippen molar-refractivity contribution in [3.63, 3.8) is 0 Å². The van der Waals surface area contributed by atoms with Crippen molar-refractivity contribution < 1.29 is 13.9 Å². The second kappa shape index (κ2) is 9.35. The SMILES string of the molecule is Cc1ccc(Nc2c(NSC3(COCc4ccccc4)CC3)c3n(c(=O)c2C)CCO3)c(F)c1. The zero-order valence-corrected chi connectivity index (χ0v) is 20.1. The first kappa shape index (κ1) is 22.8. The molecule has 0 radical (unpaired) electrons. The summed E-state index contributed by atoms with van der Waals surface area (Å²) in [4.78, 5) is 12.9. The predicted molar refractivity (Wildman–Crippen MR) is 135 cm³/mol. The van der Waals surface area contributed by atoms with Crippen molar-refractivity contribution >= 4 is 29.0 Å². The molecule has 1 aliphatic carbocycles. The Morgan fingerprint density at radius 3 is 2.68 bits per heavy atom. The minimum atomic E-state index is -0.368. The fraction of sp³-hybridized carbons (Fsp3) is 0.346. The molecule has 5 rings (SSSR count). The number of anilines is 3. The van der Waals surface area contributed by atoms with E-state index in [-0.39, 0.29) is 16.1 Å². The number of halogens is 1. The molecule has 0 atom stereocenters. The van der Waals surface area contributed by atoms with E-state index >= 15 is 0 Å². The maximum absolute atomic E-state index is 14.6. The molecule has 0 unspecified atom stereocenters. The van der Waals surface area contributed by atoms with Gasteiger partial charge >= 0.3 is 0 Å². The van der Waals surface area contributed by atoms with Gasteiger partial charge in [-0.15, -0.1) is 0 Å². The monoisotopic (exact) mass is 481 g/mol. The van der Waals surface area contributed by atoms with Crippen molar-refractivity contribution in [2.75, 3.05) is 23.3 Å². The van der Waals surface area contributed by atoms with Crippen LogP contribution in [0.25, 0.3) is 0 Å². The summed E-state index contributed by atoms with van der Waals surface area (Å²) in [5, 5.41) is 3.15. The molecular weight excluding hydrogens is 453 g/mol. The third kappa shape index (κ3) is 4.65. The van der Waals surface area contributed by atoms with E-state index < -0.39 is 0 Å². The molecule has 2 aliphatic rings. The minimum absolute atomic E-state index is 0.0403. The van der Waals surface area contributed by atoms with E-state index in [1.54, 1.807) is 29.5 Å². The van der Waals surface area contributed by atoms with Crippen LogP contribution in [0.5, 0.6) is 5.88 Å². The Bertz CT molecular complexity index is 1260. The topological polar surface area (TPSA) is 64.5 Å². The second-order valence-corrected chi connectivity index (χ2v) is 10.2. The average Bonchev–Trinajstić information content (AvgIpc) is 3.42. The van der Waals surface area contributed by atoms with Gasteiger partial charge in [-0.05, 0) is 61.9 Å². The first-order valence-electron chi connectivity index (χ1n) is 11.4. The van der Waals surface area contributed by atoms with Crippen LogP contribution >= 0.6 is 11.9 Å². The van der Waals surface area contributed by atoms with Crippen LogP contribution in [-0.4, -0.2) is 22.5 Å². The van der Waals surface area contributed by atoms with Crippen LogP contribution in [-0.2, 0) is 17.9 Å². The van der Waals surface area contributed by atoms with Gasteiger partial charge in [0.15, 0.2) is 0 Å². The van der Waals surface area contributed by atoms with Crippen LogP contribution in [0, 0.1) is 19.7 Å². The van der Waals surface area contributed by atoms with Crippen LogP contribution in [0.15, 0.2) is 53.3 Å². The molecule has 178 valence electrons.